The second-order valence-corrected chi connectivity index (χ2v) is 5.32. The molecule has 106 valence electrons. The van der Waals surface area contributed by atoms with Crippen molar-refractivity contribution in [2.24, 2.45) is 0 Å². The van der Waals surface area contributed by atoms with Crippen molar-refractivity contribution < 1.29 is 4.79 Å². The fraction of sp³-hybridized carbons (Fsp3) is 0.286. The van der Waals surface area contributed by atoms with E-state index < -0.39 is 0 Å². The SMILES string of the molecule is Cc1cnc(Cl)c(NC(=O)c2cc(N)cn2C(C)C)c1. The maximum absolute atomic E-state index is 12.3. The van der Waals surface area contributed by atoms with Crippen molar-refractivity contribution in [1.29, 1.82) is 0 Å². The first-order valence-corrected chi connectivity index (χ1v) is 6.67. The van der Waals surface area contributed by atoms with Gasteiger partial charge < -0.3 is 15.6 Å². The number of aryl methyl sites for hydroxylation is 1. The molecule has 0 radical (unpaired) electrons. The van der Waals surface area contributed by atoms with Crippen LogP contribution >= 0.6 is 11.6 Å². The minimum Gasteiger partial charge on any atom is -0.397 e. The van der Waals surface area contributed by atoms with E-state index in [1.165, 1.54) is 0 Å². The molecule has 0 bridgehead atoms. The number of nitrogens with one attached hydrogen (secondary N) is 1. The fourth-order valence-corrected chi connectivity index (χ4v) is 2.09. The van der Waals surface area contributed by atoms with E-state index in [9.17, 15) is 4.79 Å². The second-order valence-electron chi connectivity index (χ2n) is 4.96. The third kappa shape index (κ3) is 2.93. The molecule has 0 aromatic carbocycles. The van der Waals surface area contributed by atoms with Gasteiger partial charge in [0.2, 0.25) is 0 Å². The molecule has 2 aromatic heterocycles. The smallest absolute Gasteiger partial charge is 0.272 e. The van der Waals surface area contributed by atoms with E-state index in [1.54, 1.807) is 24.5 Å². The Morgan fingerprint density at radius 2 is 2.15 bits per heavy atom. The number of nitrogens with zero attached hydrogens (tertiary/aromatic N) is 2. The molecule has 0 unspecified atom stereocenters. The standard InChI is InChI=1S/C14H17ClN4O/c1-8(2)19-7-10(16)5-12(19)14(20)18-11-4-9(3)6-17-13(11)15/h4-8H,16H2,1-3H3,(H,18,20). The third-order valence-electron chi connectivity index (χ3n) is 2.88. The van der Waals surface area contributed by atoms with Crippen molar-refractivity contribution in [3.8, 4) is 0 Å². The highest BCUT2D eigenvalue weighted by Gasteiger charge is 2.16. The van der Waals surface area contributed by atoms with Crippen LogP contribution in [0.4, 0.5) is 11.4 Å². The maximum Gasteiger partial charge on any atom is 0.272 e. The second kappa shape index (κ2) is 5.54. The van der Waals surface area contributed by atoms with Crippen LogP contribution < -0.4 is 11.1 Å². The summed E-state index contributed by atoms with van der Waals surface area (Å²) in [6.45, 7) is 5.85. The summed E-state index contributed by atoms with van der Waals surface area (Å²) < 4.78 is 1.82. The monoisotopic (exact) mass is 292 g/mol. The van der Waals surface area contributed by atoms with Crippen molar-refractivity contribution in [3.05, 3.63) is 40.9 Å². The van der Waals surface area contributed by atoms with Crippen LogP contribution in [0, 0.1) is 6.92 Å². The summed E-state index contributed by atoms with van der Waals surface area (Å²) in [7, 11) is 0. The molecule has 0 aliphatic rings. The van der Waals surface area contributed by atoms with Gasteiger partial charge in [0.1, 0.15) is 5.69 Å². The minimum absolute atomic E-state index is 0.138. The number of pyridine rings is 1. The lowest BCUT2D eigenvalue weighted by Crippen LogP contribution is -2.18. The highest BCUT2D eigenvalue weighted by Crippen LogP contribution is 2.22. The summed E-state index contributed by atoms with van der Waals surface area (Å²) in [5, 5.41) is 3.03. The topological polar surface area (TPSA) is 72.9 Å². The van der Waals surface area contributed by atoms with Crippen molar-refractivity contribution in [2.45, 2.75) is 26.8 Å². The fourth-order valence-electron chi connectivity index (χ4n) is 1.94. The molecule has 2 rings (SSSR count). The normalized spacial score (nSPS) is 10.8. The predicted molar refractivity (Wildman–Crippen MR) is 81.2 cm³/mol. The van der Waals surface area contributed by atoms with Crippen LogP contribution in [0.15, 0.2) is 24.5 Å². The van der Waals surface area contributed by atoms with Crippen molar-refractivity contribution in [3.63, 3.8) is 0 Å². The van der Waals surface area contributed by atoms with Crippen molar-refractivity contribution >= 4 is 28.9 Å². The van der Waals surface area contributed by atoms with Crippen LogP contribution in [0.2, 0.25) is 5.15 Å². The first-order valence-electron chi connectivity index (χ1n) is 6.29. The summed E-state index contributed by atoms with van der Waals surface area (Å²) in [5.41, 5.74) is 8.22. The maximum atomic E-state index is 12.3. The van der Waals surface area contributed by atoms with Gasteiger partial charge in [-0.2, -0.15) is 0 Å². The predicted octanol–water partition coefficient (Wildman–Crippen LogP) is 3.26. The van der Waals surface area contributed by atoms with Crippen LogP contribution in [0.1, 0.15) is 35.9 Å². The van der Waals surface area contributed by atoms with E-state index in [0.717, 1.165) is 5.56 Å². The van der Waals surface area contributed by atoms with Crippen LogP contribution in [0.3, 0.4) is 0 Å². The van der Waals surface area contributed by atoms with Gasteiger partial charge in [-0.25, -0.2) is 4.98 Å². The first-order chi connectivity index (χ1) is 9.38. The van der Waals surface area contributed by atoms with Gasteiger partial charge in [-0.3, -0.25) is 4.79 Å². The molecular weight excluding hydrogens is 276 g/mol. The Labute approximate surface area is 122 Å². The Balaban J connectivity index is 2.31. The number of anilines is 2. The van der Waals surface area contributed by atoms with Gasteiger partial charge in [0, 0.05) is 18.4 Å². The number of aromatic nitrogens is 2. The number of carbonyl (C=O) groups excluding carboxylic acids is 1. The minimum atomic E-state index is -0.260. The summed E-state index contributed by atoms with van der Waals surface area (Å²) in [6, 6.07) is 3.56. The van der Waals surface area contributed by atoms with E-state index in [1.807, 2.05) is 25.3 Å². The van der Waals surface area contributed by atoms with E-state index in [2.05, 4.69) is 10.3 Å². The lowest BCUT2D eigenvalue weighted by atomic mass is 10.3. The molecule has 0 saturated carbocycles. The highest BCUT2D eigenvalue weighted by molar-refractivity contribution is 6.32. The largest absolute Gasteiger partial charge is 0.397 e. The Bertz CT molecular complexity index is 649. The molecule has 0 aliphatic heterocycles. The summed E-state index contributed by atoms with van der Waals surface area (Å²) in [4.78, 5) is 16.3. The van der Waals surface area contributed by atoms with Gasteiger partial charge in [0.15, 0.2) is 5.15 Å². The number of hydrogen-bond acceptors (Lipinski definition) is 3. The quantitative estimate of drug-likeness (QED) is 0.853. The van der Waals surface area contributed by atoms with Gasteiger partial charge >= 0.3 is 0 Å². The zero-order valence-electron chi connectivity index (χ0n) is 11.6. The number of nitrogens with two attached hydrogens (primary N) is 1. The van der Waals surface area contributed by atoms with Gasteiger partial charge in [-0.05, 0) is 38.5 Å². The lowest BCUT2D eigenvalue weighted by molar-refractivity contribution is 0.101. The van der Waals surface area contributed by atoms with Crippen molar-refractivity contribution in [2.75, 3.05) is 11.1 Å². The Morgan fingerprint density at radius 3 is 2.80 bits per heavy atom. The zero-order valence-corrected chi connectivity index (χ0v) is 12.4. The number of amides is 1. The molecule has 5 nitrogen and oxygen atoms in total. The molecule has 2 heterocycles. The van der Waals surface area contributed by atoms with Crippen LogP contribution in [-0.4, -0.2) is 15.5 Å². The molecule has 0 atom stereocenters. The summed E-state index contributed by atoms with van der Waals surface area (Å²) >= 11 is 5.98. The molecule has 0 fully saturated rings. The number of carbonyl (C=O) groups is 1. The summed E-state index contributed by atoms with van der Waals surface area (Å²) in [5.74, 6) is -0.260. The molecule has 3 N–H and O–H groups in total. The Kier molecular flexibility index (Phi) is 3.99. The van der Waals surface area contributed by atoms with Gasteiger partial charge in [0.05, 0.1) is 11.4 Å². The number of hydrogen-bond donors (Lipinski definition) is 2. The molecule has 20 heavy (non-hydrogen) atoms. The van der Waals surface area contributed by atoms with E-state index in [-0.39, 0.29) is 17.1 Å². The molecule has 0 aliphatic carbocycles. The van der Waals surface area contributed by atoms with E-state index in [0.29, 0.717) is 17.1 Å². The van der Waals surface area contributed by atoms with Gasteiger partial charge in [-0.15, -0.1) is 0 Å². The number of nitrogen functional groups attached to an aromatic ring is 1. The summed E-state index contributed by atoms with van der Waals surface area (Å²) in [6.07, 6.45) is 3.39. The molecule has 6 heteroatoms. The van der Waals surface area contributed by atoms with Crippen LogP contribution in [0.25, 0.3) is 0 Å². The molecule has 0 saturated heterocycles. The Hall–Kier alpha value is -2.01. The van der Waals surface area contributed by atoms with E-state index >= 15 is 0 Å². The Morgan fingerprint density at radius 1 is 1.45 bits per heavy atom. The number of rotatable bonds is 3. The highest BCUT2D eigenvalue weighted by atomic mass is 35.5. The zero-order chi connectivity index (χ0) is 14.9. The first kappa shape index (κ1) is 14.4. The lowest BCUT2D eigenvalue weighted by Gasteiger charge is -2.13. The van der Waals surface area contributed by atoms with Crippen LogP contribution in [-0.2, 0) is 0 Å². The molecule has 2 aromatic rings. The molecular formula is C14H17ClN4O. The van der Waals surface area contributed by atoms with Crippen molar-refractivity contribution in [1.82, 2.24) is 9.55 Å². The third-order valence-corrected chi connectivity index (χ3v) is 3.18. The van der Waals surface area contributed by atoms with Crippen LogP contribution in [0.5, 0.6) is 0 Å². The van der Waals surface area contributed by atoms with E-state index in [4.69, 9.17) is 17.3 Å². The van der Waals surface area contributed by atoms with Gasteiger partial charge in [-0.1, -0.05) is 11.6 Å². The molecule has 0 spiro atoms. The number of halogens is 1. The average molecular weight is 293 g/mol. The average Bonchev–Trinajstić information content (AvgIpc) is 2.76. The molecule has 1 amide bonds. The van der Waals surface area contributed by atoms with Gasteiger partial charge in [0.25, 0.3) is 5.91 Å².